The van der Waals surface area contributed by atoms with Gasteiger partial charge in [-0.05, 0) is 32.4 Å². The fraction of sp³-hybridized carbons (Fsp3) is 0.684. The van der Waals surface area contributed by atoms with Crippen molar-refractivity contribution in [2.75, 3.05) is 50.8 Å². The molecule has 0 spiro atoms. The number of hydrogen-bond acceptors (Lipinski definition) is 5. The number of ether oxygens (including phenoxy) is 1. The molecule has 6 nitrogen and oxygen atoms in total. The fourth-order valence-electron chi connectivity index (χ4n) is 3.79. The molecule has 1 atom stereocenters. The molecule has 0 aliphatic carbocycles. The minimum absolute atomic E-state index is 0.0832. The van der Waals surface area contributed by atoms with Gasteiger partial charge in [0.1, 0.15) is 5.82 Å². The van der Waals surface area contributed by atoms with Crippen molar-refractivity contribution in [2.45, 2.75) is 39.3 Å². The molecule has 3 heterocycles. The van der Waals surface area contributed by atoms with Crippen LogP contribution >= 0.6 is 0 Å². The van der Waals surface area contributed by atoms with Crippen LogP contribution in [0, 0.1) is 0 Å². The van der Waals surface area contributed by atoms with Crippen molar-refractivity contribution in [1.29, 1.82) is 0 Å². The molecule has 0 radical (unpaired) electrons. The van der Waals surface area contributed by atoms with Crippen LogP contribution < -0.4 is 4.90 Å². The zero-order valence-electron chi connectivity index (χ0n) is 15.6. The number of rotatable bonds is 4. The Bertz CT molecular complexity index is 587. The van der Waals surface area contributed by atoms with Crippen molar-refractivity contribution in [3.8, 4) is 0 Å². The molecule has 138 valence electrons. The smallest absolute Gasteiger partial charge is 0.254 e. The summed E-state index contributed by atoms with van der Waals surface area (Å²) in [5.41, 5.74) is 0.728. The van der Waals surface area contributed by atoms with Crippen LogP contribution in [0.15, 0.2) is 18.3 Å². The lowest BCUT2D eigenvalue weighted by molar-refractivity contribution is 0.0303. The average Bonchev–Trinajstić information content (AvgIpc) is 2.67. The van der Waals surface area contributed by atoms with Crippen LogP contribution in [0.4, 0.5) is 5.82 Å². The molecule has 0 aromatic carbocycles. The lowest BCUT2D eigenvalue weighted by Gasteiger charge is -2.43. The second-order valence-corrected chi connectivity index (χ2v) is 7.15. The number of hydrogen-bond donors (Lipinski definition) is 0. The minimum atomic E-state index is 0.0832. The first-order chi connectivity index (χ1) is 12.1. The van der Waals surface area contributed by atoms with Crippen LogP contribution in [0.2, 0.25) is 0 Å². The second kappa shape index (κ2) is 8.15. The molecule has 1 aromatic heterocycles. The fourth-order valence-corrected chi connectivity index (χ4v) is 3.79. The van der Waals surface area contributed by atoms with Gasteiger partial charge in [0.2, 0.25) is 0 Å². The third-order valence-corrected chi connectivity index (χ3v) is 5.28. The number of pyridine rings is 1. The highest BCUT2D eigenvalue weighted by Gasteiger charge is 2.28. The minimum Gasteiger partial charge on any atom is -0.378 e. The highest BCUT2D eigenvalue weighted by Crippen LogP contribution is 2.22. The molecule has 0 unspecified atom stereocenters. The van der Waals surface area contributed by atoms with E-state index in [1.165, 1.54) is 0 Å². The van der Waals surface area contributed by atoms with Gasteiger partial charge < -0.3 is 14.5 Å². The molecule has 25 heavy (non-hydrogen) atoms. The first-order valence-electron chi connectivity index (χ1n) is 9.44. The van der Waals surface area contributed by atoms with Crippen molar-refractivity contribution in [2.24, 2.45) is 0 Å². The molecule has 0 saturated carbocycles. The highest BCUT2D eigenvalue weighted by atomic mass is 16.5. The number of amides is 1. The van der Waals surface area contributed by atoms with E-state index in [-0.39, 0.29) is 5.91 Å². The van der Waals surface area contributed by atoms with Gasteiger partial charge in [0, 0.05) is 56.6 Å². The SMILES string of the molecule is CC[C@@H]1CN(c2cc(C(=O)N3CCOCC3)ccn2)CCN1C(C)C. The maximum atomic E-state index is 12.7. The van der Waals surface area contributed by atoms with E-state index in [1.54, 1.807) is 6.20 Å². The largest absolute Gasteiger partial charge is 0.378 e. The van der Waals surface area contributed by atoms with Crippen LogP contribution in [0.5, 0.6) is 0 Å². The molecule has 6 heteroatoms. The van der Waals surface area contributed by atoms with Crippen LogP contribution in [-0.2, 0) is 4.74 Å². The monoisotopic (exact) mass is 346 g/mol. The summed E-state index contributed by atoms with van der Waals surface area (Å²) in [5, 5.41) is 0. The summed E-state index contributed by atoms with van der Waals surface area (Å²) in [4.78, 5) is 24.0. The van der Waals surface area contributed by atoms with E-state index in [9.17, 15) is 4.79 Å². The molecule has 2 aliphatic heterocycles. The van der Waals surface area contributed by atoms with Crippen molar-refractivity contribution in [3.63, 3.8) is 0 Å². The van der Waals surface area contributed by atoms with Crippen molar-refractivity contribution in [1.82, 2.24) is 14.8 Å². The molecular weight excluding hydrogens is 316 g/mol. The molecule has 0 bridgehead atoms. The predicted molar refractivity (Wildman–Crippen MR) is 99.1 cm³/mol. The van der Waals surface area contributed by atoms with E-state index in [1.807, 2.05) is 17.0 Å². The number of anilines is 1. The number of aromatic nitrogens is 1. The van der Waals surface area contributed by atoms with Crippen LogP contribution in [-0.4, -0.2) is 78.7 Å². The lowest BCUT2D eigenvalue weighted by atomic mass is 10.1. The normalized spacial score (nSPS) is 22.5. The second-order valence-electron chi connectivity index (χ2n) is 7.15. The van der Waals surface area contributed by atoms with Crippen LogP contribution in [0.1, 0.15) is 37.6 Å². The highest BCUT2D eigenvalue weighted by molar-refractivity contribution is 5.94. The number of carbonyl (C=O) groups is 1. The third kappa shape index (κ3) is 4.12. The van der Waals surface area contributed by atoms with E-state index >= 15 is 0 Å². The standard InChI is InChI=1S/C19H30N4O2/c1-4-17-14-22(7-8-23(17)15(2)3)18-13-16(5-6-20-18)19(24)21-9-11-25-12-10-21/h5-6,13,15,17H,4,7-12,14H2,1-3H3/t17-/m1/s1. The number of morpholine rings is 1. The third-order valence-electron chi connectivity index (χ3n) is 5.28. The van der Waals surface area contributed by atoms with Crippen molar-refractivity contribution >= 4 is 11.7 Å². The van der Waals surface area contributed by atoms with Crippen LogP contribution in [0.25, 0.3) is 0 Å². The Morgan fingerprint density at radius 1 is 1.28 bits per heavy atom. The van der Waals surface area contributed by atoms with E-state index in [4.69, 9.17) is 4.74 Å². The van der Waals surface area contributed by atoms with Crippen molar-refractivity contribution < 1.29 is 9.53 Å². The maximum Gasteiger partial charge on any atom is 0.254 e. The number of piperazine rings is 1. The predicted octanol–water partition coefficient (Wildman–Crippen LogP) is 1.86. The Labute approximate surface area is 150 Å². The molecular formula is C19H30N4O2. The van der Waals surface area contributed by atoms with Gasteiger partial charge in [-0.15, -0.1) is 0 Å². The first kappa shape index (κ1) is 18.1. The van der Waals surface area contributed by atoms with Crippen LogP contribution in [0.3, 0.4) is 0 Å². The topological polar surface area (TPSA) is 48.9 Å². The molecule has 0 N–H and O–H groups in total. The zero-order valence-corrected chi connectivity index (χ0v) is 15.6. The first-order valence-corrected chi connectivity index (χ1v) is 9.44. The summed E-state index contributed by atoms with van der Waals surface area (Å²) < 4.78 is 5.34. The van der Waals surface area contributed by atoms with Gasteiger partial charge in [-0.3, -0.25) is 9.69 Å². The van der Waals surface area contributed by atoms with E-state index in [0.717, 1.165) is 37.4 Å². The molecule has 2 aliphatic rings. The summed E-state index contributed by atoms with van der Waals surface area (Å²) >= 11 is 0. The van der Waals surface area contributed by atoms with Gasteiger partial charge in [-0.2, -0.15) is 0 Å². The zero-order chi connectivity index (χ0) is 17.8. The van der Waals surface area contributed by atoms with Gasteiger partial charge in [0.05, 0.1) is 13.2 Å². The number of nitrogens with zero attached hydrogens (tertiary/aromatic N) is 4. The number of carbonyl (C=O) groups excluding carboxylic acids is 1. The van der Waals surface area contributed by atoms with Crippen molar-refractivity contribution in [3.05, 3.63) is 23.9 Å². The van der Waals surface area contributed by atoms with Gasteiger partial charge in [-0.25, -0.2) is 4.98 Å². The molecule has 2 saturated heterocycles. The van der Waals surface area contributed by atoms with E-state index < -0.39 is 0 Å². The summed E-state index contributed by atoms with van der Waals surface area (Å²) in [6, 6.07) is 4.88. The van der Waals surface area contributed by atoms with Gasteiger partial charge in [0.15, 0.2) is 0 Å². The Kier molecular flexibility index (Phi) is 5.91. The Morgan fingerprint density at radius 3 is 2.72 bits per heavy atom. The van der Waals surface area contributed by atoms with Gasteiger partial charge in [-0.1, -0.05) is 6.92 Å². The Balaban J connectivity index is 1.72. The summed E-state index contributed by atoms with van der Waals surface area (Å²) in [7, 11) is 0. The summed E-state index contributed by atoms with van der Waals surface area (Å²) in [5.74, 6) is 1.00. The molecule has 1 aromatic rings. The molecule has 3 rings (SSSR count). The summed E-state index contributed by atoms with van der Waals surface area (Å²) in [6.45, 7) is 12.3. The van der Waals surface area contributed by atoms with Gasteiger partial charge >= 0.3 is 0 Å². The van der Waals surface area contributed by atoms with Gasteiger partial charge in [0.25, 0.3) is 5.91 Å². The Hall–Kier alpha value is -1.66. The average molecular weight is 346 g/mol. The van der Waals surface area contributed by atoms with E-state index in [0.29, 0.717) is 38.4 Å². The summed E-state index contributed by atoms with van der Waals surface area (Å²) in [6.07, 6.45) is 2.89. The molecule has 2 fully saturated rings. The van der Waals surface area contributed by atoms with E-state index in [2.05, 4.69) is 35.6 Å². The lowest BCUT2D eigenvalue weighted by Crippen LogP contribution is -2.55. The maximum absolute atomic E-state index is 12.7. The quantitative estimate of drug-likeness (QED) is 0.833. The molecule has 1 amide bonds. The Morgan fingerprint density at radius 2 is 2.04 bits per heavy atom.